The summed E-state index contributed by atoms with van der Waals surface area (Å²) in [6, 6.07) is 8.50. The maximum absolute atomic E-state index is 11.7. The Bertz CT molecular complexity index is 791. The summed E-state index contributed by atoms with van der Waals surface area (Å²) >= 11 is 0. The number of hydrogen-bond donors (Lipinski definition) is 2. The molecule has 0 aromatic heterocycles. The van der Waals surface area contributed by atoms with E-state index in [1.807, 2.05) is 19.1 Å². The summed E-state index contributed by atoms with van der Waals surface area (Å²) < 4.78 is 0. The van der Waals surface area contributed by atoms with Crippen LogP contribution in [0.5, 0.6) is 0 Å². The summed E-state index contributed by atoms with van der Waals surface area (Å²) in [5.41, 5.74) is 2.11. The highest BCUT2D eigenvalue weighted by Gasteiger charge is 2.47. The molecule has 150 valence electrons. The molecule has 2 saturated carbocycles. The topological polar surface area (TPSA) is 58.2 Å². The smallest absolute Gasteiger partial charge is 0.221 e. The Hall–Kier alpha value is -2.28. The first-order valence-corrected chi connectivity index (χ1v) is 10.5. The third-order valence-corrected chi connectivity index (χ3v) is 6.52. The van der Waals surface area contributed by atoms with E-state index in [2.05, 4.69) is 41.5 Å². The summed E-state index contributed by atoms with van der Waals surface area (Å²) in [6.45, 7) is 7.41. The fourth-order valence-electron chi connectivity index (χ4n) is 5.69. The number of rotatable bonds is 3. The highest BCUT2D eigenvalue weighted by Crippen LogP contribution is 2.52. The van der Waals surface area contributed by atoms with Gasteiger partial charge in [0, 0.05) is 31.5 Å². The van der Waals surface area contributed by atoms with Crippen LogP contribution in [0.25, 0.3) is 0 Å². The number of amides is 2. The molecule has 2 amide bonds. The zero-order chi connectivity index (χ0) is 20.3. The van der Waals surface area contributed by atoms with Crippen LogP contribution in [0.2, 0.25) is 0 Å². The Balaban J connectivity index is 1.92. The van der Waals surface area contributed by atoms with E-state index in [4.69, 9.17) is 0 Å². The minimum absolute atomic E-state index is 0.0513. The van der Waals surface area contributed by atoms with Crippen molar-refractivity contribution >= 4 is 17.5 Å². The van der Waals surface area contributed by atoms with Gasteiger partial charge in [0.2, 0.25) is 11.8 Å². The average Bonchev–Trinajstić information content (AvgIpc) is 2.63. The molecule has 1 aromatic carbocycles. The van der Waals surface area contributed by atoms with Crippen LogP contribution >= 0.6 is 0 Å². The Morgan fingerprint density at radius 2 is 1.93 bits per heavy atom. The second-order valence-corrected chi connectivity index (χ2v) is 8.53. The molecule has 2 aliphatic carbocycles. The molecule has 2 fully saturated rings. The molecule has 0 radical (unpaired) electrons. The van der Waals surface area contributed by atoms with Gasteiger partial charge in [-0.15, -0.1) is 5.92 Å². The van der Waals surface area contributed by atoms with Crippen LogP contribution in [-0.4, -0.2) is 17.9 Å². The SMILES string of the molecule is CC#CC1C(c2cccc(NC(C)=O)c2)C[C@@H](C)C2C(NC(C)=O)CCCC12. The highest BCUT2D eigenvalue weighted by atomic mass is 16.2. The largest absolute Gasteiger partial charge is 0.353 e. The van der Waals surface area contributed by atoms with Crippen molar-refractivity contribution in [2.75, 3.05) is 5.32 Å². The molecule has 6 atom stereocenters. The molecule has 4 nitrogen and oxygen atoms in total. The van der Waals surface area contributed by atoms with E-state index in [0.29, 0.717) is 23.7 Å². The van der Waals surface area contributed by atoms with Crippen LogP contribution in [0.15, 0.2) is 24.3 Å². The molecule has 0 saturated heterocycles. The van der Waals surface area contributed by atoms with Crippen LogP contribution in [0.1, 0.15) is 64.9 Å². The van der Waals surface area contributed by atoms with Crippen LogP contribution < -0.4 is 10.6 Å². The molecule has 4 heteroatoms. The fraction of sp³-hybridized carbons (Fsp3) is 0.583. The van der Waals surface area contributed by atoms with Gasteiger partial charge in [-0.3, -0.25) is 9.59 Å². The van der Waals surface area contributed by atoms with E-state index in [1.165, 1.54) is 18.9 Å². The monoisotopic (exact) mass is 380 g/mol. The van der Waals surface area contributed by atoms with Crippen molar-refractivity contribution in [2.24, 2.45) is 23.7 Å². The summed E-state index contributed by atoms with van der Waals surface area (Å²) in [5, 5.41) is 6.13. The van der Waals surface area contributed by atoms with Gasteiger partial charge in [0.15, 0.2) is 0 Å². The average molecular weight is 381 g/mol. The van der Waals surface area contributed by atoms with Crippen molar-refractivity contribution in [3.8, 4) is 11.8 Å². The first-order chi connectivity index (χ1) is 13.4. The van der Waals surface area contributed by atoms with Crippen LogP contribution in [0.4, 0.5) is 5.69 Å². The van der Waals surface area contributed by atoms with Crippen LogP contribution in [0.3, 0.4) is 0 Å². The van der Waals surface area contributed by atoms with Crippen molar-refractivity contribution in [3.63, 3.8) is 0 Å². The molecule has 3 rings (SSSR count). The first kappa shape index (κ1) is 20.5. The molecular formula is C24H32N2O2. The quantitative estimate of drug-likeness (QED) is 0.767. The number of carbonyl (C=O) groups excluding carboxylic acids is 2. The molecule has 28 heavy (non-hydrogen) atoms. The Morgan fingerprint density at radius 1 is 1.14 bits per heavy atom. The van der Waals surface area contributed by atoms with Gasteiger partial charge in [-0.05, 0) is 67.6 Å². The van der Waals surface area contributed by atoms with Gasteiger partial charge >= 0.3 is 0 Å². The van der Waals surface area contributed by atoms with Crippen molar-refractivity contribution in [1.29, 1.82) is 0 Å². The summed E-state index contributed by atoms with van der Waals surface area (Å²) in [5.74, 6) is 8.88. The summed E-state index contributed by atoms with van der Waals surface area (Å²) in [4.78, 5) is 23.2. The van der Waals surface area contributed by atoms with Gasteiger partial charge in [0.05, 0.1) is 0 Å². The number of carbonyl (C=O) groups is 2. The Labute approximate surface area is 168 Å². The molecule has 2 N–H and O–H groups in total. The minimum Gasteiger partial charge on any atom is -0.353 e. The van der Waals surface area contributed by atoms with Crippen molar-refractivity contribution in [1.82, 2.24) is 5.32 Å². The number of hydrogen-bond acceptors (Lipinski definition) is 2. The lowest BCUT2D eigenvalue weighted by atomic mass is 9.55. The fourth-order valence-corrected chi connectivity index (χ4v) is 5.69. The summed E-state index contributed by atoms with van der Waals surface area (Å²) in [7, 11) is 0. The zero-order valence-electron chi connectivity index (χ0n) is 17.4. The molecule has 0 spiro atoms. The predicted molar refractivity (Wildman–Crippen MR) is 113 cm³/mol. The van der Waals surface area contributed by atoms with Crippen molar-refractivity contribution in [2.45, 2.75) is 65.3 Å². The lowest BCUT2D eigenvalue weighted by Gasteiger charge is -2.50. The Morgan fingerprint density at radius 3 is 2.61 bits per heavy atom. The Kier molecular flexibility index (Phi) is 6.44. The zero-order valence-corrected chi connectivity index (χ0v) is 17.4. The van der Waals surface area contributed by atoms with E-state index < -0.39 is 0 Å². The van der Waals surface area contributed by atoms with E-state index in [1.54, 1.807) is 6.92 Å². The molecule has 1 aromatic rings. The van der Waals surface area contributed by atoms with Crippen molar-refractivity contribution < 1.29 is 9.59 Å². The minimum atomic E-state index is -0.0513. The van der Waals surface area contributed by atoms with E-state index in [-0.39, 0.29) is 23.8 Å². The number of anilines is 1. The standard InChI is InChI=1S/C24H32N2O2/c1-5-8-20-21-11-7-12-23(26-17(4)28)24(21)15(2)13-22(20)18-9-6-10-19(14-18)25-16(3)27/h6,9-10,14-15,20-24H,7,11-13H2,1-4H3,(H,25,27)(H,26,28)/t15-,20?,21?,22?,23?,24?/m1/s1. The first-order valence-electron chi connectivity index (χ1n) is 10.5. The maximum atomic E-state index is 11.7. The molecule has 5 unspecified atom stereocenters. The predicted octanol–water partition coefficient (Wildman–Crippen LogP) is 4.33. The number of fused-ring (bicyclic) bond motifs is 1. The lowest BCUT2D eigenvalue weighted by Crippen LogP contribution is -2.52. The molecule has 0 heterocycles. The van der Waals surface area contributed by atoms with Crippen LogP contribution in [0, 0.1) is 35.5 Å². The molecular weight excluding hydrogens is 348 g/mol. The number of nitrogens with one attached hydrogen (secondary N) is 2. The van der Waals surface area contributed by atoms with Gasteiger partial charge < -0.3 is 10.6 Å². The van der Waals surface area contributed by atoms with Crippen molar-refractivity contribution in [3.05, 3.63) is 29.8 Å². The third-order valence-electron chi connectivity index (χ3n) is 6.52. The second-order valence-electron chi connectivity index (χ2n) is 8.53. The van der Waals surface area contributed by atoms with Gasteiger partial charge in [0.25, 0.3) is 0 Å². The van der Waals surface area contributed by atoms with Crippen LogP contribution in [-0.2, 0) is 9.59 Å². The highest BCUT2D eigenvalue weighted by molar-refractivity contribution is 5.88. The van der Waals surface area contributed by atoms with Gasteiger partial charge in [-0.1, -0.05) is 31.4 Å². The van der Waals surface area contributed by atoms with E-state index in [9.17, 15) is 9.59 Å². The van der Waals surface area contributed by atoms with E-state index >= 15 is 0 Å². The van der Waals surface area contributed by atoms with E-state index in [0.717, 1.165) is 24.9 Å². The normalized spacial score (nSPS) is 31.7. The maximum Gasteiger partial charge on any atom is 0.221 e. The van der Waals surface area contributed by atoms with Gasteiger partial charge in [0.1, 0.15) is 0 Å². The second kappa shape index (κ2) is 8.82. The number of benzene rings is 1. The lowest BCUT2D eigenvalue weighted by molar-refractivity contribution is -0.121. The summed E-state index contributed by atoms with van der Waals surface area (Å²) in [6.07, 6.45) is 4.44. The third kappa shape index (κ3) is 4.41. The van der Waals surface area contributed by atoms with Gasteiger partial charge in [-0.25, -0.2) is 0 Å². The van der Waals surface area contributed by atoms with Gasteiger partial charge in [-0.2, -0.15) is 0 Å². The molecule has 0 bridgehead atoms. The molecule has 0 aliphatic heterocycles. The molecule has 2 aliphatic rings.